The average molecular weight is 211 g/mol. The maximum Gasteiger partial charge on any atom is 0.506 e. The molecule has 0 aromatic heterocycles. The van der Waals surface area contributed by atoms with Gasteiger partial charge in [-0.1, -0.05) is 0 Å². The molecule has 1 rings (SSSR count). The Balaban J connectivity index is 2.17. The van der Waals surface area contributed by atoms with Crippen molar-refractivity contribution in [2.75, 3.05) is 13.2 Å². The van der Waals surface area contributed by atoms with E-state index in [1.54, 1.807) is 0 Å². The van der Waals surface area contributed by atoms with Crippen molar-refractivity contribution in [3.05, 3.63) is 0 Å². The van der Waals surface area contributed by atoms with Crippen molar-refractivity contribution in [3.8, 4) is 0 Å². The van der Waals surface area contributed by atoms with Crippen LogP contribution < -0.4 is 5.32 Å². The highest BCUT2D eigenvalue weighted by Gasteiger charge is 2.27. The number of carbonyl (C=O) groups is 1. The van der Waals surface area contributed by atoms with Crippen LogP contribution in [0, 0.1) is 0 Å². The minimum atomic E-state index is -2.80. The molecule has 0 aromatic carbocycles. The van der Waals surface area contributed by atoms with Crippen LogP contribution in [0.4, 0.5) is 13.6 Å². The number of ether oxygens (including phenoxy) is 2. The summed E-state index contributed by atoms with van der Waals surface area (Å²) in [7, 11) is 0. The number of halogens is 2. The minimum Gasteiger partial charge on any atom is -0.450 e. The molecule has 0 aliphatic carbocycles. The van der Waals surface area contributed by atoms with Crippen molar-refractivity contribution in [2.45, 2.75) is 25.2 Å². The summed E-state index contributed by atoms with van der Waals surface area (Å²) in [6.07, 6.45) is -1.47. The van der Waals surface area contributed by atoms with Gasteiger partial charge in [0, 0.05) is 19.0 Å². The molecule has 1 aliphatic heterocycles. The zero-order valence-corrected chi connectivity index (χ0v) is 7.28. The van der Waals surface area contributed by atoms with Gasteiger partial charge >= 0.3 is 12.8 Å². The number of hydrogen-bond donors (Lipinski definition) is 2. The highest BCUT2D eigenvalue weighted by atomic mass is 19.3. The third-order valence-electron chi connectivity index (χ3n) is 1.87. The molecule has 7 heteroatoms. The molecule has 1 fully saturated rings. The second kappa shape index (κ2) is 5.06. The summed E-state index contributed by atoms with van der Waals surface area (Å²) in [6.45, 7) is -2.60. The van der Waals surface area contributed by atoms with E-state index in [4.69, 9.17) is 5.11 Å². The van der Waals surface area contributed by atoms with Gasteiger partial charge in [0.15, 0.2) is 0 Å². The lowest BCUT2D eigenvalue weighted by molar-refractivity contribution is -0.133. The lowest BCUT2D eigenvalue weighted by Crippen LogP contribution is -2.27. The Morgan fingerprint density at radius 2 is 2.36 bits per heavy atom. The van der Waals surface area contributed by atoms with Gasteiger partial charge in [0.1, 0.15) is 6.10 Å². The third-order valence-corrected chi connectivity index (χ3v) is 1.87. The van der Waals surface area contributed by atoms with Crippen LogP contribution in [0.15, 0.2) is 0 Å². The van der Waals surface area contributed by atoms with Crippen molar-refractivity contribution in [3.63, 3.8) is 0 Å². The molecule has 1 saturated heterocycles. The van der Waals surface area contributed by atoms with Gasteiger partial charge in [-0.25, -0.2) is 4.79 Å². The Bertz CT molecular complexity index is 202. The van der Waals surface area contributed by atoms with Crippen LogP contribution in [-0.2, 0) is 9.47 Å². The highest BCUT2D eigenvalue weighted by Crippen LogP contribution is 2.11. The zero-order chi connectivity index (χ0) is 10.6. The van der Waals surface area contributed by atoms with Gasteiger partial charge in [-0.2, -0.15) is 8.78 Å². The van der Waals surface area contributed by atoms with E-state index in [2.05, 4.69) is 14.8 Å². The highest BCUT2D eigenvalue weighted by molar-refractivity contribution is 5.57. The summed E-state index contributed by atoms with van der Waals surface area (Å²) in [5, 5.41) is 11.1. The molecular weight excluding hydrogens is 200 g/mol. The molecule has 0 saturated carbocycles. The van der Waals surface area contributed by atoms with Crippen molar-refractivity contribution < 1.29 is 28.2 Å². The average Bonchev–Trinajstić information content (AvgIpc) is 2.47. The van der Waals surface area contributed by atoms with Crippen LogP contribution in [0.3, 0.4) is 0 Å². The molecule has 1 aliphatic rings. The van der Waals surface area contributed by atoms with Crippen LogP contribution in [0.2, 0.25) is 0 Å². The van der Waals surface area contributed by atoms with Gasteiger partial charge in [0.2, 0.25) is 0 Å². The fourth-order valence-electron chi connectivity index (χ4n) is 1.33. The Kier molecular flexibility index (Phi) is 4.02. The molecule has 5 nitrogen and oxygen atoms in total. The summed E-state index contributed by atoms with van der Waals surface area (Å²) in [5.41, 5.74) is 0. The van der Waals surface area contributed by atoms with Crippen LogP contribution in [0.5, 0.6) is 0 Å². The van der Waals surface area contributed by atoms with Gasteiger partial charge in [-0.05, 0) is 0 Å². The molecule has 2 N–H and O–H groups in total. The minimum absolute atomic E-state index is 0.142. The van der Waals surface area contributed by atoms with Crippen LogP contribution in [0.1, 0.15) is 6.42 Å². The molecule has 2 atom stereocenters. The molecule has 0 amide bonds. The zero-order valence-electron chi connectivity index (χ0n) is 7.28. The normalized spacial score (nSPS) is 26.8. The first-order valence-corrected chi connectivity index (χ1v) is 4.10. The fourth-order valence-corrected chi connectivity index (χ4v) is 1.33. The third kappa shape index (κ3) is 3.84. The Morgan fingerprint density at radius 1 is 1.64 bits per heavy atom. The van der Waals surface area contributed by atoms with Crippen LogP contribution in [0.25, 0.3) is 0 Å². The molecule has 0 bridgehead atoms. The molecule has 82 valence electrons. The Labute approximate surface area is 79.0 Å². The first-order valence-electron chi connectivity index (χ1n) is 4.10. The smallest absolute Gasteiger partial charge is 0.450 e. The molecule has 14 heavy (non-hydrogen) atoms. The van der Waals surface area contributed by atoms with Crippen molar-refractivity contribution in [2.24, 2.45) is 0 Å². The van der Waals surface area contributed by atoms with E-state index in [0.29, 0.717) is 13.0 Å². The van der Waals surface area contributed by atoms with Crippen molar-refractivity contribution >= 4 is 6.16 Å². The van der Waals surface area contributed by atoms with E-state index in [-0.39, 0.29) is 12.6 Å². The van der Waals surface area contributed by atoms with Gasteiger partial charge in [0.05, 0.1) is 6.61 Å². The largest absolute Gasteiger partial charge is 0.506 e. The maximum absolute atomic E-state index is 11.6. The Morgan fingerprint density at radius 3 is 2.93 bits per heavy atom. The van der Waals surface area contributed by atoms with Gasteiger partial charge in [0.25, 0.3) is 0 Å². The van der Waals surface area contributed by atoms with Crippen molar-refractivity contribution in [1.82, 2.24) is 5.32 Å². The quantitative estimate of drug-likeness (QED) is 0.668. The molecule has 1 heterocycles. The molecule has 0 radical (unpaired) electrons. The van der Waals surface area contributed by atoms with Gasteiger partial charge < -0.3 is 19.9 Å². The number of rotatable bonds is 4. The number of hydrogen-bond acceptors (Lipinski definition) is 4. The topological polar surface area (TPSA) is 67.8 Å². The van der Waals surface area contributed by atoms with E-state index in [9.17, 15) is 13.6 Å². The van der Waals surface area contributed by atoms with Crippen molar-refractivity contribution in [1.29, 1.82) is 0 Å². The Hall–Kier alpha value is -0.950. The summed E-state index contributed by atoms with van der Waals surface area (Å²) in [6, 6.07) is -0.270. The SMILES string of the molecule is O=C(O)O[C@H]1CN[C@H](COC(F)F)C1. The summed E-state index contributed by atoms with van der Waals surface area (Å²) in [5.74, 6) is 0. The molecule has 0 aromatic rings. The number of carboxylic acid groups (broad SMARTS) is 1. The van der Waals surface area contributed by atoms with Crippen LogP contribution >= 0.6 is 0 Å². The predicted molar refractivity (Wildman–Crippen MR) is 41.3 cm³/mol. The second-order valence-corrected chi connectivity index (χ2v) is 2.94. The van der Waals surface area contributed by atoms with Gasteiger partial charge in [-0.15, -0.1) is 0 Å². The standard InChI is InChI=1S/C7H11F2NO4/c8-6(9)13-3-4-1-5(2-10-4)14-7(11)12/h4-6,10H,1-3H2,(H,11,12)/t4-,5+/m0/s1. The predicted octanol–water partition coefficient (Wildman–Crippen LogP) is 0.651. The fraction of sp³-hybridized carbons (Fsp3) is 0.857. The van der Waals surface area contributed by atoms with Gasteiger partial charge in [-0.3, -0.25) is 0 Å². The second-order valence-electron chi connectivity index (χ2n) is 2.94. The molecular formula is C7H11F2NO4. The summed E-state index contributed by atoms with van der Waals surface area (Å²) in [4.78, 5) is 10.1. The first kappa shape index (κ1) is 11.1. The number of nitrogens with one attached hydrogen (secondary N) is 1. The lowest BCUT2D eigenvalue weighted by atomic mass is 10.2. The molecule has 0 unspecified atom stereocenters. The summed E-state index contributed by atoms with van der Waals surface area (Å²) < 4.78 is 31.8. The van der Waals surface area contributed by atoms with E-state index in [1.165, 1.54) is 0 Å². The lowest BCUT2D eigenvalue weighted by Gasteiger charge is -2.10. The first-order chi connectivity index (χ1) is 6.58. The van der Waals surface area contributed by atoms with E-state index in [1.807, 2.05) is 0 Å². The maximum atomic E-state index is 11.6. The van der Waals surface area contributed by atoms with E-state index >= 15 is 0 Å². The number of alkyl halides is 2. The van der Waals surface area contributed by atoms with E-state index < -0.39 is 18.9 Å². The monoisotopic (exact) mass is 211 g/mol. The van der Waals surface area contributed by atoms with E-state index in [0.717, 1.165) is 0 Å². The van der Waals surface area contributed by atoms with Crippen LogP contribution in [-0.4, -0.2) is 43.2 Å². The summed E-state index contributed by atoms with van der Waals surface area (Å²) >= 11 is 0. The molecule has 0 spiro atoms.